The Hall–Kier alpha value is -1.62. The maximum atomic E-state index is 12.7. The van der Waals surface area contributed by atoms with E-state index >= 15 is 0 Å². The molecule has 1 fully saturated rings. The molecule has 1 unspecified atom stereocenters. The average molecular weight is 303 g/mol. The molecule has 2 N–H and O–H groups in total. The third-order valence-electron chi connectivity index (χ3n) is 4.36. The predicted molar refractivity (Wildman–Crippen MR) is 87.8 cm³/mol. The van der Waals surface area contributed by atoms with Crippen molar-refractivity contribution in [3.8, 4) is 0 Å². The van der Waals surface area contributed by atoms with Gasteiger partial charge in [0, 0.05) is 34.6 Å². The Morgan fingerprint density at radius 3 is 2.95 bits per heavy atom. The fourth-order valence-electron chi connectivity index (χ4n) is 3.13. The maximum absolute atomic E-state index is 12.7. The summed E-state index contributed by atoms with van der Waals surface area (Å²) in [5.41, 5.74) is 8.72. The summed E-state index contributed by atoms with van der Waals surface area (Å²) in [4.78, 5) is 19.8. The zero-order valence-corrected chi connectivity index (χ0v) is 13.6. The number of fused-ring (bicyclic) bond motifs is 1. The van der Waals surface area contributed by atoms with Crippen molar-refractivity contribution in [3.05, 3.63) is 22.3 Å². The zero-order valence-electron chi connectivity index (χ0n) is 12.8. The fourth-order valence-corrected chi connectivity index (χ4v) is 4.37. The van der Waals surface area contributed by atoms with Gasteiger partial charge in [-0.3, -0.25) is 9.78 Å². The lowest BCUT2D eigenvalue weighted by Crippen LogP contribution is -2.28. The summed E-state index contributed by atoms with van der Waals surface area (Å²) < 4.78 is 1.06. The summed E-state index contributed by atoms with van der Waals surface area (Å²) >= 11 is 1.50. The SMILES string of the molecule is CCC1CCN(C(=O)c2sc3cc(C)nc(C)c3c2N)C1. The first-order valence-electron chi connectivity index (χ1n) is 7.46. The largest absolute Gasteiger partial charge is 0.397 e. The van der Waals surface area contributed by atoms with E-state index in [4.69, 9.17) is 5.73 Å². The molecule has 0 aromatic carbocycles. The standard InChI is InChI=1S/C16H21N3OS/c1-4-11-5-6-19(8-11)16(20)15-14(17)13-10(3)18-9(2)7-12(13)21-15/h7,11H,4-6,8,17H2,1-3H3. The molecular weight excluding hydrogens is 282 g/mol. The number of carbonyl (C=O) groups excluding carboxylic acids is 1. The zero-order chi connectivity index (χ0) is 15.1. The Morgan fingerprint density at radius 2 is 2.29 bits per heavy atom. The number of amides is 1. The van der Waals surface area contributed by atoms with Gasteiger partial charge in [-0.2, -0.15) is 0 Å². The number of nitrogens with zero attached hydrogens (tertiary/aromatic N) is 2. The van der Waals surface area contributed by atoms with Crippen molar-refractivity contribution < 1.29 is 4.79 Å². The number of likely N-dealkylation sites (tertiary alicyclic amines) is 1. The highest BCUT2D eigenvalue weighted by Gasteiger charge is 2.29. The number of anilines is 1. The second-order valence-electron chi connectivity index (χ2n) is 5.88. The molecule has 0 saturated carbocycles. The summed E-state index contributed by atoms with van der Waals surface area (Å²) in [5, 5.41) is 0.945. The van der Waals surface area contributed by atoms with Crippen molar-refractivity contribution in [2.45, 2.75) is 33.6 Å². The topological polar surface area (TPSA) is 59.2 Å². The molecule has 21 heavy (non-hydrogen) atoms. The molecule has 0 bridgehead atoms. The maximum Gasteiger partial charge on any atom is 0.266 e. The molecule has 1 saturated heterocycles. The predicted octanol–water partition coefficient (Wildman–Crippen LogP) is 3.37. The van der Waals surface area contributed by atoms with Crippen LogP contribution in [0.5, 0.6) is 0 Å². The third kappa shape index (κ3) is 2.39. The van der Waals surface area contributed by atoms with Crippen LogP contribution in [0.1, 0.15) is 40.8 Å². The van der Waals surface area contributed by atoms with E-state index in [2.05, 4.69) is 11.9 Å². The first-order valence-corrected chi connectivity index (χ1v) is 8.28. The van der Waals surface area contributed by atoms with Gasteiger partial charge in [0.25, 0.3) is 5.91 Å². The minimum absolute atomic E-state index is 0.0849. The Bertz CT molecular complexity index is 707. The highest BCUT2D eigenvalue weighted by molar-refractivity contribution is 7.21. The van der Waals surface area contributed by atoms with Gasteiger partial charge in [0.1, 0.15) is 4.88 Å². The Balaban J connectivity index is 1.99. The molecule has 3 heterocycles. The van der Waals surface area contributed by atoms with E-state index in [0.717, 1.165) is 47.4 Å². The number of aromatic nitrogens is 1. The lowest BCUT2D eigenvalue weighted by atomic mass is 10.1. The molecule has 1 atom stereocenters. The van der Waals surface area contributed by atoms with Crippen LogP contribution >= 0.6 is 11.3 Å². The molecule has 112 valence electrons. The molecule has 0 radical (unpaired) electrons. The summed E-state index contributed by atoms with van der Waals surface area (Å²) in [7, 11) is 0. The minimum atomic E-state index is 0.0849. The minimum Gasteiger partial charge on any atom is -0.397 e. The van der Waals surface area contributed by atoms with E-state index < -0.39 is 0 Å². The van der Waals surface area contributed by atoms with Crippen LogP contribution in [0.3, 0.4) is 0 Å². The Morgan fingerprint density at radius 1 is 1.52 bits per heavy atom. The van der Waals surface area contributed by atoms with Crippen molar-refractivity contribution in [3.63, 3.8) is 0 Å². The number of rotatable bonds is 2. The number of hydrogen-bond donors (Lipinski definition) is 1. The van der Waals surface area contributed by atoms with Gasteiger partial charge in [0.2, 0.25) is 0 Å². The van der Waals surface area contributed by atoms with Crippen molar-refractivity contribution in [2.75, 3.05) is 18.8 Å². The molecule has 0 aliphatic carbocycles. The number of thiophene rings is 1. The van der Waals surface area contributed by atoms with Crippen LogP contribution in [0.2, 0.25) is 0 Å². The van der Waals surface area contributed by atoms with Crippen molar-refractivity contribution in [2.24, 2.45) is 5.92 Å². The Kier molecular flexibility index (Phi) is 3.61. The van der Waals surface area contributed by atoms with Crippen LogP contribution in [0, 0.1) is 19.8 Å². The molecule has 2 aromatic heterocycles. The molecule has 0 spiro atoms. The normalized spacial score (nSPS) is 18.6. The summed E-state index contributed by atoms with van der Waals surface area (Å²) in [6.45, 7) is 7.82. The number of nitrogen functional groups attached to an aromatic ring is 1. The number of nitrogens with two attached hydrogens (primary N) is 1. The van der Waals surface area contributed by atoms with Crippen LogP contribution in [0.25, 0.3) is 10.1 Å². The van der Waals surface area contributed by atoms with E-state index in [0.29, 0.717) is 16.5 Å². The Labute approximate surface area is 129 Å². The third-order valence-corrected chi connectivity index (χ3v) is 5.50. The van der Waals surface area contributed by atoms with Gasteiger partial charge in [0.15, 0.2) is 0 Å². The van der Waals surface area contributed by atoms with Gasteiger partial charge >= 0.3 is 0 Å². The summed E-state index contributed by atoms with van der Waals surface area (Å²) in [6.07, 6.45) is 2.24. The monoisotopic (exact) mass is 303 g/mol. The number of aryl methyl sites for hydroxylation is 2. The van der Waals surface area contributed by atoms with Crippen LogP contribution in [-0.2, 0) is 0 Å². The van der Waals surface area contributed by atoms with Crippen molar-refractivity contribution >= 4 is 33.0 Å². The van der Waals surface area contributed by atoms with Gasteiger partial charge in [-0.25, -0.2) is 0 Å². The molecule has 1 aliphatic heterocycles. The first-order chi connectivity index (χ1) is 10.0. The molecule has 4 nitrogen and oxygen atoms in total. The van der Waals surface area contributed by atoms with E-state index in [-0.39, 0.29) is 5.91 Å². The second-order valence-corrected chi connectivity index (χ2v) is 6.93. The van der Waals surface area contributed by atoms with E-state index in [1.165, 1.54) is 11.3 Å². The molecule has 5 heteroatoms. The molecular formula is C16H21N3OS. The van der Waals surface area contributed by atoms with Gasteiger partial charge in [-0.05, 0) is 32.3 Å². The van der Waals surface area contributed by atoms with Gasteiger partial charge in [-0.1, -0.05) is 13.3 Å². The highest BCUT2D eigenvalue weighted by Crippen LogP contribution is 2.37. The van der Waals surface area contributed by atoms with Crippen molar-refractivity contribution in [1.82, 2.24) is 9.88 Å². The number of hydrogen-bond acceptors (Lipinski definition) is 4. The van der Waals surface area contributed by atoms with E-state index in [9.17, 15) is 4.79 Å². The summed E-state index contributed by atoms with van der Waals surface area (Å²) in [6, 6.07) is 2.01. The highest BCUT2D eigenvalue weighted by atomic mass is 32.1. The van der Waals surface area contributed by atoms with Gasteiger partial charge in [0.05, 0.1) is 5.69 Å². The number of carbonyl (C=O) groups is 1. The molecule has 1 amide bonds. The molecule has 3 rings (SSSR count). The van der Waals surface area contributed by atoms with Crippen LogP contribution < -0.4 is 5.73 Å². The summed E-state index contributed by atoms with van der Waals surface area (Å²) in [5.74, 6) is 0.719. The van der Waals surface area contributed by atoms with Crippen LogP contribution in [0.15, 0.2) is 6.07 Å². The average Bonchev–Trinajstić information content (AvgIpc) is 3.02. The van der Waals surface area contributed by atoms with Crippen molar-refractivity contribution in [1.29, 1.82) is 0 Å². The number of pyridine rings is 1. The lowest BCUT2D eigenvalue weighted by molar-refractivity contribution is 0.0792. The fraction of sp³-hybridized carbons (Fsp3) is 0.500. The van der Waals surface area contributed by atoms with Crippen LogP contribution in [0.4, 0.5) is 5.69 Å². The van der Waals surface area contributed by atoms with Crippen LogP contribution in [-0.4, -0.2) is 28.9 Å². The smallest absolute Gasteiger partial charge is 0.266 e. The molecule has 2 aromatic rings. The quantitative estimate of drug-likeness (QED) is 0.925. The van der Waals surface area contributed by atoms with Gasteiger partial charge in [-0.15, -0.1) is 11.3 Å². The van der Waals surface area contributed by atoms with Gasteiger partial charge < -0.3 is 10.6 Å². The molecule has 1 aliphatic rings. The second kappa shape index (κ2) is 5.30. The van der Waals surface area contributed by atoms with E-state index in [1.54, 1.807) is 0 Å². The first kappa shape index (κ1) is 14.3. The van der Waals surface area contributed by atoms with E-state index in [1.807, 2.05) is 24.8 Å². The lowest BCUT2D eigenvalue weighted by Gasteiger charge is -2.15.